The molecular formula is C17H24N4O3S. The van der Waals surface area contributed by atoms with Crippen molar-refractivity contribution in [2.24, 2.45) is 0 Å². The van der Waals surface area contributed by atoms with Crippen molar-refractivity contribution in [3.8, 4) is 0 Å². The van der Waals surface area contributed by atoms with Crippen molar-refractivity contribution >= 4 is 21.6 Å². The third-order valence-corrected chi connectivity index (χ3v) is 5.55. The van der Waals surface area contributed by atoms with Gasteiger partial charge in [-0.3, -0.25) is 9.48 Å². The molecule has 136 valence electrons. The van der Waals surface area contributed by atoms with Crippen LogP contribution in [-0.2, 0) is 14.8 Å². The van der Waals surface area contributed by atoms with E-state index in [9.17, 15) is 13.2 Å². The number of carbonyl (C=O) groups excluding carboxylic acids is 1. The molecule has 0 spiro atoms. The number of hydrogen-bond donors (Lipinski definition) is 2. The Balaban J connectivity index is 2.25. The van der Waals surface area contributed by atoms with E-state index in [1.54, 1.807) is 50.7 Å². The maximum atomic E-state index is 12.4. The van der Waals surface area contributed by atoms with Gasteiger partial charge in [0.2, 0.25) is 15.9 Å². The fraction of sp³-hybridized carbons (Fsp3) is 0.412. The largest absolute Gasteiger partial charge is 0.324 e. The number of aryl methyl sites for hydroxylation is 2. The van der Waals surface area contributed by atoms with Gasteiger partial charge in [0.15, 0.2) is 0 Å². The monoisotopic (exact) mass is 364 g/mol. The number of amides is 1. The summed E-state index contributed by atoms with van der Waals surface area (Å²) in [4.78, 5) is 12.6. The highest BCUT2D eigenvalue weighted by atomic mass is 32.2. The van der Waals surface area contributed by atoms with Gasteiger partial charge < -0.3 is 5.32 Å². The van der Waals surface area contributed by atoms with Crippen molar-refractivity contribution in [1.82, 2.24) is 14.5 Å². The molecule has 0 bridgehead atoms. The molecule has 1 amide bonds. The first-order valence-electron chi connectivity index (χ1n) is 8.06. The number of aromatic nitrogens is 2. The van der Waals surface area contributed by atoms with Gasteiger partial charge >= 0.3 is 0 Å². The van der Waals surface area contributed by atoms with Crippen LogP contribution in [0.1, 0.15) is 38.1 Å². The molecule has 1 aromatic heterocycles. The SMILES string of the molecule is Cc1ccc(NC(=O)C(C)n2nccc2C)cc1S(=O)(=O)NC(C)C. The molecule has 2 rings (SSSR count). The Bertz CT molecular complexity index is 872. The molecule has 0 aliphatic heterocycles. The lowest BCUT2D eigenvalue weighted by atomic mass is 10.2. The van der Waals surface area contributed by atoms with Crippen LogP contribution < -0.4 is 10.0 Å². The van der Waals surface area contributed by atoms with Crippen molar-refractivity contribution < 1.29 is 13.2 Å². The lowest BCUT2D eigenvalue weighted by molar-refractivity contribution is -0.119. The molecule has 0 saturated carbocycles. The second-order valence-corrected chi connectivity index (χ2v) is 8.02. The first-order valence-corrected chi connectivity index (χ1v) is 9.54. The maximum absolute atomic E-state index is 12.4. The second kappa shape index (κ2) is 7.37. The van der Waals surface area contributed by atoms with Gasteiger partial charge in [0.05, 0.1) is 4.90 Å². The molecule has 0 aliphatic rings. The van der Waals surface area contributed by atoms with Crippen LogP contribution in [0, 0.1) is 13.8 Å². The van der Waals surface area contributed by atoms with Gasteiger partial charge in [-0.05, 0) is 58.4 Å². The van der Waals surface area contributed by atoms with Crippen LogP contribution in [0.4, 0.5) is 5.69 Å². The molecule has 1 unspecified atom stereocenters. The van der Waals surface area contributed by atoms with E-state index in [1.165, 1.54) is 6.07 Å². The normalized spacial score (nSPS) is 13.0. The lowest BCUT2D eigenvalue weighted by Gasteiger charge is -2.16. The topological polar surface area (TPSA) is 93.1 Å². The number of sulfonamides is 1. The highest BCUT2D eigenvalue weighted by molar-refractivity contribution is 7.89. The fourth-order valence-corrected chi connectivity index (χ4v) is 4.01. The predicted octanol–water partition coefficient (Wildman–Crippen LogP) is 2.39. The highest BCUT2D eigenvalue weighted by Crippen LogP contribution is 2.21. The smallest absolute Gasteiger partial charge is 0.248 e. The number of rotatable bonds is 6. The average molecular weight is 364 g/mol. The first kappa shape index (κ1) is 19.1. The Kier molecular flexibility index (Phi) is 5.64. The van der Waals surface area contributed by atoms with E-state index >= 15 is 0 Å². The van der Waals surface area contributed by atoms with Gasteiger partial charge in [0, 0.05) is 23.6 Å². The molecule has 0 aliphatic carbocycles. The zero-order valence-electron chi connectivity index (χ0n) is 15.1. The molecule has 1 aromatic carbocycles. The predicted molar refractivity (Wildman–Crippen MR) is 96.9 cm³/mol. The second-order valence-electron chi connectivity index (χ2n) is 6.34. The summed E-state index contributed by atoms with van der Waals surface area (Å²) in [6.07, 6.45) is 1.63. The van der Waals surface area contributed by atoms with Crippen molar-refractivity contribution in [3.05, 3.63) is 41.7 Å². The molecule has 0 radical (unpaired) electrons. The number of hydrogen-bond acceptors (Lipinski definition) is 4. The van der Waals surface area contributed by atoms with Gasteiger partial charge in [-0.1, -0.05) is 6.07 Å². The van der Waals surface area contributed by atoms with Crippen LogP contribution >= 0.6 is 0 Å². The third kappa shape index (κ3) is 4.46. The molecule has 2 N–H and O–H groups in total. The Labute approximate surface area is 148 Å². The van der Waals surface area contributed by atoms with Crippen molar-refractivity contribution in [3.63, 3.8) is 0 Å². The van der Waals surface area contributed by atoms with Gasteiger partial charge in [-0.2, -0.15) is 5.10 Å². The summed E-state index contributed by atoms with van der Waals surface area (Å²) in [5.41, 5.74) is 1.91. The molecule has 1 heterocycles. The molecular weight excluding hydrogens is 340 g/mol. The standard InChI is InChI=1S/C17H24N4O3S/c1-11(2)20-25(23,24)16-10-15(7-6-12(16)3)19-17(22)14(5)21-13(4)8-9-18-21/h6-11,14,20H,1-5H3,(H,19,22). The van der Waals surface area contributed by atoms with Crippen LogP contribution in [0.5, 0.6) is 0 Å². The minimum atomic E-state index is -3.64. The number of nitrogens with zero attached hydrogens (tertiary/aromatic N) is 2. The quantitative estimate of drug-likeness (QED) is 0.823. The van der Waals surface area contributed by atoms with Gasteiger partial charge in [-0.15, -0.1) is 0 Å². The van der Waals surface area contributed by atoms with Crippen LogP contribution in [0.15, 0.2) is 35.4 Å². The van der Waals surface area contributed by atoms with Crippen LogP contribution in [0.25, 0.3) is 0 Å². The Morgan fingerprint density at radius 3 is 2.40 bits per heavy atom. The van der Waals surface area contributed by atoms with E-state index in [-0.39, 0.29) is 16.8 Å². The summed E-state index contributed by atoms with van der Waals surface area (Å²) < 4.78 is 29.0. The summed E-state index contributed by atoms with van der Waals surface area (Å²) in [6.45, 7) is 8.84. The average Bonchev–Trinajstić information content (AvgIpc) is 2.93. The lowest BCUT2D eigenvalue weighted by Crippen LogP contribution is -2.31. The molecule has 1 atom stereocenters. The molecule has 7 nitrogen and oxygen atoms in total. The summed E-state index contributed by atoms with van der Waals surface area (Å²) in [5.74, 6) is -0.268. The number of benzene rings is 1. The Morgan fingerprint density at radius 2 is 1.84 bits per heavy atom. The summed E-state index contributed by atoms with van der Waals surface area (Å²) in [6, 6.07) is 5.92. The fourth-order valence-electron chi connectivity index (χ4n) is 2.48. The van der Waals surface area contributed by atoms with E-state index in [2.05, 4.69) is 15.1 Å². The molecule has 25 heavy (non-hydrogen) atoms. The summed E-state index contributed by atoms with van der Waals surface area (Å²) in [5, 5.41) is 6.89. The number of nitrogens with one attached hydrogen (secondary N) is 2. The molecule has 0 saturated heterocycles. The number of anilines is 1. The zero-order chi connectivity index (χ0) is 18.8. The molecule has 0 fully saturated rings. The Morgan fingerprint density at radius 1 is 1.16 bits per heavy atom. The van der Waals surface area contributed by atoms with Crippen molar-refractivity contribution in [2.45, 2.75) is 51.6 Å². The summed E-state index contributed by atoms with van der Waals surface area (Å²) >= 11 is 0. The van der Waals surface area contributed by atoms with Gasteiger partial charge in [0.1, 0.15) is 6.04 Å². The van der Waals surface area contributed by atoms with E-state index in [1.807, 2.05) is 13.0 Å². The minimum absolute atomic E-state index is 0.155. The number of carbonyl (C=O) groups is 1. The van der Waals surface area contributed by atoms with Crippen molar-refractivity contribution in [1.29, 1.82) is 0 Å². The van der Waals surface area contributed by atoms with E-state index < -0.39 is 16.1 Å². The van der Waals surface area contributed by atoms with Crippen LogP contribution in [0.3, 0.4) is 0 Å². The molecule has 8 heteroatoms. The first-order chi connectivity index (χ1) is 11.6. The zero-order valence-corrected chi connectivity index (χ0v) is 15.9. The van der Waals surface area contributed by atoms with E-state index in [0.29, 0.717) is 11.3 Å². The van der Waals surface area contributed by atoms with Gasteiger partial charge in [0.25, 0.3) is 0 Å². The summed E-state index contributed by atoms with van der Waals surface area (Å²) in [7, 11) is -3.64. The van der Waals surface area contributed by atoms with Crippen LogP contribution in [-0.4, -0.2) is 30.1 Å². The highest BCUT2D eigenvalue weighted by Gasteiger charge is 2.21. The van der Waals surface area contributed by atoms with Crippen molar-refractivity contribution in [2.75, 3.05) is 5.32 Å². The maximum Gasteiger partial charge on any atom is 0.248 e. The third-order valence-electron chi connectivity index (χ3n) is 3.75. The Hall–Kier alpha value is -2.19. The van der Waals surface area contributed by atoms with Gasteiger partial charge in [-0.25, -0.2) is 13.1 Å². The van der Waals surface area contributed by atoms with E-state index in [0.717, 1.165) is 5.69 Å². The molecule has 2 aromatic rings. The van der Waals surface area contributed by atoms with Crippen LogP contribution in [0.2, 0.25) is 0 Å². The van der Waals surface area contributed by atoms with E-state index in [4.69, 9.17) is 0 Å². The minimum Gasteiger partial charge on any atom is -0.324 e.